The van der Waals surface area contributed by atoms with E-state index in [2.05, 4.69) is 11.4 Å². The van der Waals surface area contributed by atoms with E-state index in [0.29, 0.717) is 31.5 Å². The number of aliphatic hydroxyl groups is 1. The van der Waals surface area contributed by atoms with E-state index in [-0.39, 0.29) is 12.9 Å². The second-order valence-electron chi connectivity index (χ2n) is 7.65. The van der Waals surface area contributed by atoms with Crippen LogP contribution in [0.2, 0.25) is 0 Å². The Hall–Kier alpha value is -2.05. The zero-order chi connectivity index (χ0) is 18.6. The molecule has 1 atom stereocenters. The van der Waals surface area contributed by atoms with E-state index in [9.17, 15) is 5.11 Å². The van der Waals surface area contributed by atoms with Crippen molar-refractivity contribution in [1.82, 2.24) is 10.3 Å². The number of nitrogens with zero attached hydrogens (tertiary/aromatic N) is 1. The van der Waals surface area contributed by atoms with Crippen LogP contribution in [0.3, 0.4) is 0 Å². The van der Waals surface area contributed by atoms with Crippen LogP contribution in [-0.2, 0) is 6.54 Å². The first-order chi connectivity index (χ1) is 13.2. The standard InChI is InChI=1S/C21H28N2O4/c1-14(24)10-22-11-17-7-16-8-19-20(27-13-26-19)9-18(16)23-21(17)25-12-15-5-3-2-4-6-15/h7-9,14-15,22,24H,2-6,10-13H2,1H3. The first-order valence-electron chi connectivity index (χ1n) is 9.94. The third-order valence-corrected chi connectivity index (χ3v) is 5.28. The molecule has 0 amide bonds. The minimum absolute atomic E-state index is 0.249. The van der Waals surface area contributed by atoms with Crippen molar-refractivity contribution >= 4 is 10.9 Å². The van der Waals surface area contributed by atoms with Gasteiger partial charge in [0.1, 0.15) is 0 Å². The summed E-state index contributed by atoms with van der Waals surface area (Å²) in [5.74, 6) is 2.77. The molecule has 2 heterocycles. The van der Waals surface area contributed by atoms with Gasteiger partial charge in [-0.15, -0.1) is 0 Å². The van der Waals surface area contributed by atoms with Crippen LogP contribution in [0.25, 0.3) is 10.9 Å². The fraction of sp³-hybridized carbons (Fsp3) is 0.571. The van der Waals surface area contributed by atoms with Gasteiger partial charge in [-0.1, -0.05) is 19.3 Å². The first-order valence-corrected chi connectivity index (χ1v) is 9.94. The highest BCUT2D eigenvalue weighted by Gasteiger charge is 2.19. The molecular formula is C21H28N2O4. The molecule has 4 rings (SSSR count). The predicted octanol–water partition coefficient (Wildman–Crippen LogP) is 3.39. The van der Waals surface area contributed by atoms with Crippen molar-refractivity contribution in [2.45, 2.75) is 51.7 Å². The predicted molar refractivity (Wildman–Crippen MR) is 103 cm³/mol. The number of pyridine rings is 1. The molecule has 0 bridgehead atoms. The maximum absolute atomic E-state index is 9.51. The van der Waals surface area contributed by atoms with Gasteiger partial charge >= 0.3 is 0 Å². The lowest BCUT2D eigenvalue weighted by Crippen LogP contribution is -2.24. The molecule has 1 aromatic carbocycles. The Morgan fingerprint density at radius 1 is 1.19 bits per heavy atom. The normalized spacial score (nSPS) is 18.0. The van der Waals surface area contributed by atoms with Gasteiger partial charge in [0.05, 0.1) is 18.2 Å². The fourth-order valence-electron chi connectivity index (χ4n) is 3.81. The van der Waals surface area contributed by atoms with Gasteiger partial charge in [-0.05, 0) is 37.8 Å². The van der Waals surface area contributed by atoms with E-state index in [1.54, 1.807) is 6.92 Å². The molecule has 1 fully saturated rings. The van der Waals surface area contributed by atoms with Gasteiger partial charge in [0.15, 0.2) is 11.5 Å². The summed E-state index contributed by atoms with van der Waals surface area (Å²) in [5.41, 5.74) is 1.84. The SMILES string of the molecule is CC(O)CNCc1cc2cc3c(cc2nc1OCC1CCCCC1)OCO3. The summed E-state index contributed by atoms with van der Waals surface area (Å²) < 4.78 is 17.1. The number of aliphatic hydroxyl groups excluding tert-OH is 1. The van der Waals surface area contributed by atoms with Crippen molar-refractivity contribution in [1.29, 1.82) is 0 Å². The average molecular weight is 372 g/mol. The summed E-state index contributed by atoms with van der Waals surface area (Å²) in [6.07, 6.45) is 6.02. The second kappa shape index (κ2) is 8.31. The number of nitrogens with one attached hydrogen (secondary N) is 1. The zero-order valence-electron chi connectivity index (χ0n) is 15.9. The summed E-state index contributed by atoms with van der Waals surface area (Å²) in [6, 6.07) is 5.97. The van der Waals surface area contributed by atoms with Crippen molar-refractivity contribution in [3.05, 3.63) is 23.8 Å². The number of aromatic nitrogens is 1. The molecule has 2 aliphatic rings. The minimum atomic E-state index is -0.390. The number of rotatable bonds is 7. The molecule has 2 N–H and O–H groups in total. The van der Waals surface area contributed by atoms with Crippen LogP contribution < -0.4 is 19.5 Å². The Morgan fingerprint density at radius 3 is 2.74 bits per heavy atom. The van der Waals surface area contributed by atoms with E-state index in [4.69, 9.17) is 19.2 Å². The number of hydrogen-bond acceptors (Lipinski definition) is 6. The van der Waals surface area contributed by atoms with E-state index in [1.165, 1.54) is 32.1 Å². The molecule has 0 saturated heterocycles. The molecule has 1 aliphatic carbocycles. The van der Waals surface area contributed by atoms with Crippen LogP contribution in [-0.4, -0.2) is 36.1 Å². The van der Waals surface area contributed by atoms with Crippen LogP contribution >= 0.6 is 0 Å². The van der Waals surface area contributed by atoms with Crippen LogP contribution in [0.5, 0.6) is 17.4 Å². The quantitative estimate of drug-likeness (QED) is 0.776. The average Bonchev–Trinajstić information content (AvgIpc) is 3.12. The Kier molecular flexibility index (Phi) is 5.64. The number of ether oxygens (including phenoxy) is 3. The van der Waals surface area contributed by atoms with Gasteiger partial charge in [0.2, 0.25) is 12.7 Å². The smallest absolute Gasteiger partial charge is 0.231 e. The minimum Gasteiger partial charge on any atom is -0.477 e. The highest BCUT2D eigenvalue weighted by molar-refractivity contribution is 5.84. The van der Waals surface area contributed by atoms with E-state index in [1.807, 2.05) is 12.1 Å². The lowest BCUT2D eigenvalue weighted by atomic mass is 9.90. The van der Waals surface area contributed by atoms with Crippen LogP contribution in [0, 0.1) is 5.92 Å². The van der Waals surface area contributed by atoms with Gasteiger partial charge < -0.3 is 24.6 Å². The molecule has 1 aromatic heterocycles. The number of fused-ring (bicyclic) bond motifs is 2. The molecule has 27 heavy (non-hydrogen) atoms. The molecule has 0 spiro atoms. The highest BCUT2D eigenvalue weighted by atomic mass is 16.7. The summed E-state index contributed by atoms with van der Waals surface area (Å²) in [6.45, 7) is 3.86. The summed E-state index contributed by atoms with van der Waals surface area (Å²) in [5, 5.41) is 13.8. The Morgan fingerprint density at radius 2 is 1.96 bits per heavy atom. The van der Waals surface area contributed by atoms with Gasteiger partial charge in [0, 0.05) is 30.1 Å². The molecule has 0 radical (unpaired) electrons. The van der Waals surface area contributed by atoms with Crippen molar-refractivity contribution in [3.8, 4) is 17.4 Å². The largest absolute Gasteiger partial charge is 0.477 e. The molecular weight excluding hydrogens is 344 g/mol. The number of benzene rings is 1. The lowest BCUT2D eigenvalue weighted by Gasteiger charge is -2.22. The van der Waals surface area contributed by atoms with Crippen molar-refractivity contribution < 1.29 is 19.3 Å². The van der Waals surface area contributed by atoms with E-state index < -0.39 is 0 Å². The van der Waals surface area contributed by atoms with E-state index >= 15 is 0 Å². The lowest BCUT2D eigenvalue weighted by molar-refractivity contribution is 0.174. The molecule has 2 aromatic rings. The van der Waals surface area contributed by atoms with Gasteiger partial charge in [0.25, 0.3) is 0 Å². The van der Waals surface area contributed by atoms with Crippen LogP contribution in [0.15, 0.2) is 18.2 Å². The van der Waals surface area contributed by atoms with Gasteiger partial charge in [-0.25, -0.2) is 4.98 Å². The number of hydrogen-bond donors (Lipinski definition) is 2. The van der Waals surface area contributed by atoms with Crippen molar-refractivity contribution in [2.24, 2.45) is 5.92 Å². The molecule has 1 saturated carbocycles. The third-order valence-electron chi connectivity index (χ3n) is 5.28. The molecule has 6 nitrogen and oxygen atoms in total. The van der Waals surface area contributed by atoms with Gasteiger partial charge in [-0.2, -0.15) is 0 Å². The maximum atomic E-state index is 9.51. The van der Waals surface area contributed by atoms with Crippen molar-refractivity contribution in [2.75, 3.05) is 19.9 Å². The van der Waals surface area contributed by atoms with E-state index in [0.717, 1.165) is 28.0 Å². The molecule has 146 valence electrons. The van der Waals surface area contributed by atoms with Gasteiger partial charge in [-0.3, -0.25) is 0 Å². The summed E-state index contributed by atoms with van der Waals surface area (Å²) in [7, 11) is 0. The first kappa shape index (κ1) is 18.3. The Labute approximate surface area is 159 Å². The third kappa shape index (κ3) is 4.45. The Bertz CT molecular complexity index is 787. The zero-order valence-corrected chi connectivity index (χ0v) is 15.9. The topological polar surface area (TPSA) is 72.8 Å². The highest BCUT2D eigenvalue weighted by Crippen LogP contribution is 2.37. The molecule has 1 unspecified atom stereocenters. The maximum Gasteiger partial charge on any atom is 0.231 e. The van der Waals surface area contributed by atoms with Crippen molar-refractivity contribution in [3.63, 3.8) is 0 Å². The molecule has 6 heteroatoms. The Balaban J connectivity index is 1.57. The summed E-state index contributed by atoms with van der Waals surface area (Å²) in [4.78, 5) is 4.77. The van der Waals surface area contributed by atoms with Crippen LogP contribution in [0.1, 0.15) is 44.6 Å². The fourth-order valence-corrected chi connectivity index (χ4v) is 3.81. The van der Waals surface area contributed by atoms with Crippen LogP contribution in [0.4, 0.5) is 0 Å². The summed E-state index contributed by atoms with van der Waals surface area (Å²) >= 11 is 0. The second-order valence-corrected chi connectivity index (χ2v) is 7.65. The monoisotopic (exact) mass is 372 g/mol. The molecule has 1 aliphatic heterocycles.